The Kier molecular flexibility index (Phi) is 8.56. The van der Waals surface area contributed by atoms with E-state index in [0.29, 0.717) is 17.1 Å². The summed E-state index contributed by atoms with van der Waals surface area (Å²) in [5, 5.41) is 16.7. The topological polar surface area (TPSA) is 75.7 Å². The lowest BCUT2D eigenvalue weighted by molar-refractivity contribution is -0.133. The number of rotatable bonds is 7. The molecule has 4 aromatic rings. The number of carbonyl (C=O) groups excluding carboxylic acids is 1. The Morgan fingerprint density at radius 3 is 1.39 bits per heavy atom. The smallest absolute Gasteiger partial charge is 0.315 e. The van der Waals surface area contributed by atoms with Gasteiger partial charge in [-0.2, -0.15) is 20.5 Å². The van der Waals surface area contributed by atoms with E-state index in [1.54, 1.807) is 24.3 Å². The van der Waals surface area contributed by atoms with Gasteiger partial charge in [-0.1, -0.05) is 48.5 Å². The second-order valence-corrected chi connectivity index (χ2v) is 6.88. The van der Waals surface area contributed by atoms with Gasteiger partial charge in [0.15, 0.2) is 0 Å². The zero-order valence-electron chi connectivity index (χ0n) is 17.6. The predicted octanol–water partition coefficient (Wildman–Crippen LogP) is 8.09. The van der Waals surface area contributed by atoms with Crippen molar-refractivity contribution in [3.05, 3.63) is 115 Å². The molecule has 0 aromatic heterocycles. The molecule has 0 fully saturated rings. The van der Waals surface area contributed by atoms with Crippen molar-refractivity contribution < 1.29 is 9.53 Å². The van der Waals surface area contributed by atoms with Gasteiger partial charge in [0.1, 0.15) is 5.75 Å². The Hall–Kier alpha value is -4.16. The van der Waals surface area contributed by atoms with Crippen molar-refractivity contribution in [2.45, 2.75) is 6.42 Å². The molecule has 33 heavy (non-hydrogen) atoms. The molecule has 0 atom stereocenters. The number of esters is 1. The van der Waals surface area contributed by atoms with Crippen molar-refractivity contribution in [3.63, 3.8) is 0 Å². The first-order valence-electron chi connectivity index (χ1n) is 10.1. The molecule has 0 bridgehead atoms. The third kappa shape index (κ3) is 7.48. The van der Waals surface area contributed by atoms with Gasteiger partial charge in [0.05, 0.1) is 29.2 Å². The van der Waals surface area contributed by atoms with Gasteiger partial charge in [-0.25, -0.2) is 0 Å². The van der Waals surface area contributed by atoms with E-state index in [9.17, 15) is 4.79 Å². The number of carbonyl (C=O) groups is 1. The number of nitrogens with zero attached hydrogens (tertiary/aromatic N) is 4. The molecule has 7 heteroatoms. The first kappa shape index (κ1) is 23.5. The van der Waals surface area contributed by atoms with E-state index in [1.807, 2.05) is 84.9 Å². The van der Waals surface area contributed by atoms with Crippen LogP contribution < -0.4 is 4.74 Å². The van der Waals surface area contributed by atoms with Gasteiger partial charge in [0.25, 0.3) is 0 Å². The zero-order chi connectivity index (χ0) is 22.0. The maximum atomic E-state index is 12.3. The third-order valence-corrected chi connectivity index (χ3v) is 4.43. The average Bonchev–Trinajstić information content (AvgIpc) is 2.84. The number of halogens is 1. The van der Waals surface area contributed by atoms with Crippen LogP contribution in [0.25, 0.3) is 0 Å². The molecule has 0 saturated carbocycles. The van der Waals surface area contributed by atoms with Crippen LogP contribution in [0.2, 0.25) is 0 Å². The molecule has 6 nitrogen and oxygen atoms in total. The maximum Gasteiger partial charge on any atom is 0.315 e. The van der Waals surface area contributed by atoms with E-state index in [4.69, 9.17) is 4.74 Å². The predicted molar refractivity (Wildman–Crippen MR) is 131 cm³/mol. The fourth-order valence-corrected chi connectivity index (χ4v) is 2.82. The first-order chi connectivity index (χ1) is 15.7. The molecular weight excluding hydrogens is 436 g/mol. The summed E-state index contributed by atoms with van der Waals surface area (Å²) >= 11 is 0. The minimum Gasteiger partial charge on any atom is -0.426 e. The number of ether oxygens (including phenoxy) is 1. The van der Waals surface area contributed by atoms with Crippen LogP contribution in [0.4, 0.5) is 22.7 Å². The molecule has 0 saturated heterocycles. The largest absolute Gasteiger partial charge is 0.426 e. The van der Waals surface area contributed by atoms with E-state index < -0.39 is 0 Å². The molecule has 0 radical (unpaired) electrons. The molecule has 4 rings (SSSR count). The summed E-state index contributed by atoms with van der Waals surface area (Å²) in [6.45, 7) is 0. The second-order valence-electron chi connectivity index (χ2n) is 6.88. The molecule has 0 unspecified atom stereocenters. The van der Waals surface area contributed by atoms with E-state index in [0.717, 1.165) is 16.9 Å². The Bertz CT molecular complexity index is 1110. The lowest BCUT2D eigenvalue weighted by Gasteiger charge is -2.05. The SMILES string of the molecule is Cl.O=C(Cc1ccc(/N=N/c2ccccc2)cc1)Oc1ccc(/N=N/c2ccccc2)cc1. The number of azo groups is 2. The van der Waals surface area contributed by atoms with Gasteiger partial charge in [-0.05, 0) is 66.2 Å². The monoisotopic (exact) mass is 456 g/mol. The molecule has 0 amide bonds. The number of benzene rings is 4. The van der Waals surface area contributed by atoms with Crippen molar-refractivity contribution in [2.75, 3.05) is 0 Å². The Morgan fingerprint density at radius 1 is 0.545 bits per heavy atom. The fraction of sp³-hybridized carbons (Fsp3) is 0.0385. The third-order valence-electron chi connectivity index (χ3n) is 4.43. The molecule has 0 heterocycles. The van der Waals surface area contributed by atoms with E-state index in [2.05, 4.69) is 20.5 Å². The second kappa shape index (κ2) is 12.0. The highest BCUT2D eigenvalue weighted by Gasteiger charge is 2.07. The van der Waals surface area contributed by atoms with Gasteiger partial charge < -0.3 is 4.74 Å². The molecule has 0 aliphatic carbocycles. The van der Waals surface area contributed by atoms with Gasteiger partial charge in [-0.3, -0.25) is 4.79 Å². The van der Waals surface area contributed by atoms with E-state index in [-0.39, 0.29) is 24.8 Å². The molecule has 0 aliphatic heterocycles. The van der Waals surface area contributed by atoms with Gasteiger partial charge in [0.2, 0.25) is 0 Å². The average molecular weight is 457 g/mol. The highest BCUT2D eigenvalue weighted by atomic mass is 35.5. The van der Waals surface area contributed by atoms with Gasteiger partial charge in [-0.15, -0.1) is 12.4 Å². The Morgan fingerprint density at radius 2 is 0.939 bits per heavy atom. The van der Waals surface area contributed by atoms with Crippen LogP contribution in [0.5, 0.6) is 5.75 Å². The molecule has 0 spiro atoms. The summed E-state index contributed by atoms with van der Waals surface area (Å²) in [7, 11) is 0. The normalized spacial score (nSPS) is 10.8. The number of hydrogen-bond donors (Lipinski definition) is 0. The highest BCUT2D eigenvalue weighted by Crippen LogP contribution is 2.22. The Labute approximate surface area is 198 Å². The summed E-state index contributed by atoms with van der Waals surface area (Å²) in [6.07, 6.45) is 0.158. The fourth-order valence-electron chi connectivity index (χ4n) is 2.82. The first-order valence-corrected chi connectivity index (χ1v) is 10.1. The lowest BCUT2D eigenvalue weighted by Crippen LogP contribution is -2.10. The van der Waals surface area contributed by atoms with Crippen LogP contribution in [0.1, 0.15) is 5.56 Å². The van der Waals surface area contributed by atoms with Crippen LogP contribution in [0.3, 0.4) is 0 Å². The minimum atomic E-state index is -0.345. The van der Waals surface area contributed by atoms with Gasteiger partial charge in [0, 0.05) is 0 Å². The van der Waals surface area contributed by atoms with Crippen LogP contribution in [-0.2, 0) is 11.2 Å². The van der Waals surface area contributed by atoms with Gasteiger partial charge >= 0.3 is 5.97 Å². The van der Waals surface area contributed by atoms with Crippen LogP contribution in [-0.4, -0.2) is 5.97 Å². The van der Waals surface area contributed by atoms with Crippen molar-refractivity contribution in [3.8, 4) is 5.75 Å². The quantitative estimate of drug-likeness (QED) is 0.160. The summed E-state index contributed by atoms with van der Waals surface area (Å²) in [4.78, 5) is 12.3. The summed E-state index contributed by atoms with van der Waals surface area (Å²) in [5.74, 6) is 0.115. The van der Waals surface area contributed by atoms with E-state index in [1.165, 1.54) is 0 Å². The van der Waals surface area contributed by atoms with Crippen LogP contribution in [0, 0.1) is 0 Å². The zero-order valence-corrected chi connectivity index (χ0v) is 18.4. The van der Waals surface area contributed by atoms with Crippen molar-refractivity contribution in [1.29, 1.82) is 0 Å². The van der Waals surface area contributed by atoms with E-state index >= 15 is 0 Å². The molecule has 4 aromatic carbocycles. The molecular formula is C26H21ClN4O2. The summed E-state index contributed by atoms with van der Waals surface area (Å²) < 4.78 is 5.42. The maximum absolute atomic E-state index is 12.3. The summed E-state index contributed by atoms with van der Waals surface area (Å²) in [6, 6.07) is 33.2. The van der Waals surface area contributed by atoms with Crippen molar-refractivity contribution in [2.24, 2.45) is 20.5 Å². The standard InChI is InChI=1S/C26H20N4O2.ClH/c31-26(19-20-11-13-23(14-12-20)29-27-21-7-3-1-4-8-21)32-25-17-15-24(16-18-25)30-28-22-9-5-2-6-10-22;/h1-18H,19H2;1H/b29-27+,30-28+;. The van der Waals surface area contributed by atoms with Crippen molar-refractivity contribution >= 4 is 41.1 Å². The highest BCUT2D eigenvalue weighted by molar-refractivity contribution is 5.85. The summed E-state index contributed by atoms with van der Waals surface area (Å²) in [5.41, 5.74) is 3.78. The minimum absolute atomic E-state index is 0. The molecule has 0 aliphatic rings. The van der Waals surface area contributed by atoms with Crippen LogP contribution in [0.15, 0.2) is 130 Å². The molecule has 0 N–H and O–H groups in total. The van der Waals surface area contributed by atoms with Crippen LogP contribution >= 0.6 is 12.4 Å². The Balaban J connectivity index is 0.00000306. The molecule has 164 valence electrons. The lowest BCUT2D eigenvalue weighted by atomic mass is 10.1. The number of hydrogen-bond acceptors (Lipinski definition) is 6. The van der Waals surface area contributed by atoms with Crippen molar-refractivity contribution in [1.82, 2.24) is 0 Å².